The first-order valence-corrected chi connectivity index (χ1v) is 6.57. The van der Waals surface area contributed by atoms with Crippen LogP contribution in [0.25, 0.3) is 10.9 Å². The number of carbonyl (C=O) groups excluding carboxylic acids is 1. The highest BCUT2D eigenvalue weighted by molar-refractivity contribution is 7.99. The van der Waals surface area contributed by atoms with Gasteiger partial charge in [-0.1, -0.05) is 36.0 Å². The zero-order chi connectivity index (χ0) is 13.2. The van der Waals surface area contributed by atoms with Crippen molar-refractivity contribution in [2.45, 2.75) is 9.92 Å². The lowest BCUT2D eigenvalue weighted by molar-refractivity contribution is 0.0993. The Bertz CT molecular complexity index is 737. The summed E-state index contributed by atoms with van der Waals surface area (Å²) in [6.45, 7) is 0. The molecule has 0 radical (unpaired) electrons. The maximum Gasteiger partial charge on any atom is 0.266 e. The molecule has 3 aromatic rings. The van der Waals surface area contributed by atoms with Gasteiger partial charge in [0.05, 0.1) is 4.90 Å². The van der Waals surface area contributed by atoms with Crippen molar-refractivity contribution in [3.05, 3.63) is 54.4 Å². The number of rotatable bonds is 3. The lowest BCUT2D eigenvalue weighted by atomic mass is 10.2. The molecule has 0 unspecified atom stereocenters. The fraction of sp³-hybridized carbons (Fsp3) is 0. The van der Waals surface area contributed by atoms with Crippen molar-refractivity contribution >= 4 is 28.6 Å². The van der Waals surface area contributed by atoms with Crippen molar-refractivity contribution in [3.8, 4) is 0 Å². The second-order valence-corrected chi connectivity index (χ2v) is 5.04. The number of nitrogens with zero attached hydrogens (tertiary/aromatic N) is 1. The fourth-order valence-corrected chi connectivity index (χ4v) is 2.92. The molecule has 5 heteroatoms. The zero-order valence-electron chi connectivity index (χ0n) is 9.96. The average Bonchev–Trinajstić information content (AvgIpc) is 2.79. The minimum atomic E-state index is -0.463. The van der Waals surface area contributed by atoms with Gasteiger partial charge in [0, 0.05) is 17.1 Å². The van der Waals surface area contributed by atoms with Crippen molar-refractivity contribution in [1.29, 1.82) is 0 Å². The number of aromatic amines is 1. The van der Waals surface area contributed by atoms with Crippen molar-refractivity contribution in [2.24, 2.45) is 5.73 Å². The molecule has 4 nitrogen and oxygen atoms in total. The van der Waals surface area contributed by atoms with E-state index >= 15 is 0 Å². The molecule has 0 fully saturated rings. The van der Waals surface area contributed by atoms with E-state index in [1.54, 1.807) is 6.20 Å². The molecule has 0 bridgehead atoms. The van der Waals surface area contributed by atoms with Crippen LogP contribution < -0.4 is 5.73 Å². The van der Waals surface area contributed by atoms with Gasteiger partial charge < -0.3 is 10.7 Å². The largest absolute Gasteiger partial charge is 0.364 e. The minimum absolute atomic E-state index is 0.428. The van der Waals surface area contributed by atoms with Gasteiger partial charge in [-0.15, -0.1) is 0 Å². The van der Waals surface area contributed by atoms with E-state index < -0.39 is 5.91 Å². The van der Waals surface area contributed by atoms with Gasteiger partial charge in [0.2, 0.25) is 0 Å². The summed E-state index contributed by atoms with van der Waals surface area (Å²) < 4.78 is 0. The standard InChI is InChI=1S/C14H11N3OS/c15-14(18)12-13(19-11-7-3-4-8-16-11)9-5-1-2-6-10(9)17-12/h1-8,17H,(H2,15,18). The number of amides is 1. The molecule has 3 rings (SSSR count). The number of para-hydroxylation sites is 1. The first-order valence-electron chi connectivity index (χ1n) is 5.75. The first-order chi connectivity index (χ1) is 9.25. The highest BCUT2D eigenvalue weighted by atomic mass is 32.2. The van der Waals surface area contributed by atoms with E-state index in [1.807, 2.05) is 42.5 Å². The fourth-order valence-electron chi connectivity index (χ4n) is 1.91. The molecule has 0 saturated heterocycles. The van der Waals surface area contributed by atoms with Crippen molar-refractivity contribution in [1.82, 2.24) is 9.97 Å². The number of nitrogens with two attached hydrogens (primary N) is 1. The number of hydrogen-bond acceptors (Lipinski definition) is 3. The van der Waals surface area contributed by atoms with Gasteiger partial charge in [0.25, 0.3) is 5.91 Å². The Kier molecular flexibility index (Phi) is 2.97. The number of aromatic nitrogens is 2. The molecule has 0 aliphatic carbocycles. The number of pyridine rings is 1. The van der Waals surface area contributed by atoms with Gasteiger partial charge in [-0.3, -0.25) is 4.79 Å². The number of fused-ring (bicyclic) bond motifs is 1. The number of hydrogen-bond donors (Lipinski definition) is 2. The third kappa shape index (κ3) is 2.20. The van der Waals surface area contributed by atoms with Gasteiger partial charge in [0.1, 0.15) is 10.7 Å². The van der Waals surface area contributed by atoms with Gasteiger partial charge in [0.15, 0.2) is 0 Å². The van der Waals surface area contributed by atoms with Crippen LogP contribution >= 0.6 is 11.8 Å². The Morgan fingerprint density at radius 2 is 1.95 bits per heavy atom. The van der Waals surface area contributed by atoms with Crippen LogP contribution in [0.3, 0.4) is 0 Å². The highest BCUT2D eigenvalue weighted by Crippen LogP contribution is 2.35. The SMILES string of the molecule is NC(=O)c1[nH]c2ccccc2c1Sc1ccccn1. The number of primary amides is 1. The van der Waals surface area contributed by atoms with Gasteiger partial charge in [-0.2, -0.15) is 0 Å². The number of benzene rings is 1. The van der Waals surface area contributed by atoms with Crippen LogP contribution in [-0.4, -0.2) is 15.9 Å². The van der Waals surface area contributed by atoms with E-state index in [2.05, 4.69) is 9.97 Å². The second-order valence-electron chi connectivity index (χ2n) is 4.01. The molecule has 1 aromatic carbocycles. The Balaban J connectivity index is 2.15. The topological polar surface area (TPSA) is 71.8 Å². The second kappa shape index (κ2) is 4.78. The van der Waals surface area contributed by atoms with E-state index in [-0.39, 0.29) is 0 Å². The van der Waals surface area contributed by atoms with Crippen LogP contribution in [0.15, 0.2) is 58.6 Å². The average molecular weight is 269 g/mol. The summed E-state index contributed by atoms with van der Waals surface area (Å²) in [6, 6.07) is 13.4. The van der Waals surface area contributed by atoms with Gasteiger partial charge >= 0.3 is 0 Å². The van der Waals surface area contributed by atoms with Gasteiger partial charge in [-0.25, -0.2) is 4.98 Å². The minimum Gasteiger partial charge on any atom is -0.364 e. The lowest BCUT2D eigenvalue weighted by Gasteiger charge is -2.01. The third-order valence-electron chi connectivity index (χ3n) is 2.75. The molecular weight excluding hydrogens is 258 g/mol. The molecule has 0 atom stereocenters. The molecule has 19 heavy (non-hydrogen) atoms. The summed E-state index contributed by atoms with van der Waals surface area (Å²) in [6.07, 6.45) is 1.72. The maximum atomic E-state index is 11.5. The lowest BCUT2D eigenvalue weighted by Crippen LogP contribution is -2.12. The Morgan fingerprint density at radius 1 is 1.16 bits per heavy atom. The van der Waals surface area contributed by atoms with E-state index in [0.717, 1.165) is 20.8 Å². The molecular formula is C14H11N3OS. The van der Waals surface area contributed by atoms with Crippen LogP contribution in [-0.2, 0) is 0 Å². The Hall–Kier alpha value is -2.27. The maximum absolute atomic E-state index is 11.5. The van der Waals surface area contributed by atoms with Crippen LogP contribution in [0.2, 0.25) is 0 Å². The van der Waals surface area contributed by atoms with E-state index in [1.165, 1.54) is 11.8 Å². The Morgan fingerprint density at radius 3 is 2.68 bits per heavy atom. The molecule has 3 N–H and O–H groups in total. The molecule has 1 amide bonds. The first kappa shape index (κ1) is 11.8. The number of nitrogens with one attached hydrogen (secondary N) is 1. The predicted octanol–water partition coefficient (Wildman–Crippen LogP) is 2.81. The molecule has 2 aromatic heterocycles. The normalized spacial score (nSPS) is 10.7. The molecule has 0 spiro atoms. The summed E-state index contributed by atoms with van der Waals surface area (Å²) in [7, 11) is 0. The molecule has 0 aliphatic heterocycles. The van der Waals surface area contributed by atoms with E-state index in [4.69, 9.17) is 5.73 Å². The van der Waals surface area contributed by atoms with Crippen molar-refractivity contribution < 1.29 is 4.79 Å². The predicted molar refractivity (Wildman–Crippen MR) is 75.2 cm³/mol. The summed E-state index contributed by atoms with van der Waals surface area (Å²) in [5, 5.41) is 1.81. The van der Waals surface area contributed by atoms with Crippen LogP contribution in [0, 0.1) is 0 Å². The molecule has 0 aliphatic rings. The Labute approximate surface area is 114 Å². The number of carbonyl (C=O) groups is 1. The van der Waals surface area contributed by atoms with E-state index in [0.29, 0.717) is 5.69 Å². The molecule has 0 saturated carbocycles. The van der Waals surface area contributed by atoms with Crippen molar-refractivity contribution in [2.75, 3.05) is 0 Å². The summed E-state index contributed by atoms with van der Waals surface area (Å²) >= 11 is 1.44. The summed E-state index contributed by atoms with van der Waals surface area (Å²) in [5.41, 5.74) is 6.75. The summed E-state index contributed by atoms with van der Waals surface area (Å²) in [5.74, 6) is -0.463. The van der Waals surface area contributed by atoms with Gasteiger partial charge in [-0.05, 0) is 18.2 Å². The summed E-state index contributed by atoms with van der Waals surface area (Å²) in [4.78, 5) is 19.7. The molecule has 2 heterocycles. The smallest absolute Gasteiger partial charge is 0.266 e. The monoisotopic (exact) mass is 269 g/mol. The number of H-pyrrole nitrogens is 1. The quantitative estimate of drug-likeness (QED) is 0.768. The van der Waals surface area contributed by atoms with Crippen molar-refractivity contribution in [3.63, 3.8) is 0 Å². The molecule has 94 valence electrons. The van der Waals surface area contributed by atoms with Crippen LogP contribution in [0.5, 0.6) is 0 Å². The third-order valence-corrected chi connectivity index (χ3v) is 3.83. The van der Waals surface area contributed by atoms with E-state index in [9.17, 15) is 4.79 Å². The van der Waals surface area contributed by atoms with Crippen LogP contribution in [0.4, 0.5) is 0 Å². The van der Waals surface area contributed by atoms with Crippen LogP contribution in [0.1, 0.15) is 10.5 Å². The highest BCUT2D eigenvalue weighted by Gasteiger charge is 2.16. The zero-order valence-corrected chi connectivity index (χ0v) is 10.8.